The lowest BCUT2D eigenvalue weighted by atomic mass is 10.1. The maximum Gasteiger partial charge on any atom is 0.354 e. The molecule has 1 N–H and O–H groups in total. The molecule has 1 atom stereocenters. The minimum atomic E-state index is -0.968. The van der Waals surface area contributed by atoms with Gasteiger partial charge in [0.2, 0.25) is 0 Å². The van der Waals surface area contributed by atoms with Gasteiger partial charge < -0.3 is 10.0 Å². The molecule has 0 saturated carbocycles. The Labute approximate surface area is 118 Å². The number of hydrogen-bond acceptors (Lipinski definition) is 3. The molecule has 0 bridgehead atoms. The minimum Gasteiger partial charge on any atom is -0.477 e. The number of fused-ring (bicyclic) bond motifs is 1. The average molecular weight is 270 g/mol. The molecule has 2 aromatic rings. The predicted molar refractivity (Wildman–Crippen MR) is 79.4 cm³/mol. The van der Waals surface area contributed by atoms with Crippen molar-refractivity contribution in [2.45, 2.75) is 32.2 Å². The van der Waals surface area contributed by atoms with Crippen LogP contribution in [0.5, 0.6) is 0 Å². The Morgan fingerprint density at radius 1 is 1.45 bits per heavy atom. The Kier molecular flexibility index (Phi) is 3.30. The molecule has 1 aliphatic rings. The van der Waals surface area contributed by atoms with E-state index in [1.165, 1.54) is 0 Å². The van der Waals surface area contributed by atoms with Gasteiger partial charge in [0.05, 0.1) is 0 Å². The molecule has 1 aromatic heterocycles. The van der Waals surface area contributed by atoms with Gasteiger partial charge in [-0.3, -0.25) is 0 Å². The minimum absolute atomic E-state index is 0.125. The van der Waals surface area contributed by atoms with Gasteiger partial charge in [-0.05, 0) is 30.7 Å². The van der Waals surface area contributed by atoms with Gasteiger partial charge in [-0.2, -0.15) is 0 Å². The molecule has 1 unspecified atom stereocenters. The molecular weight excluding hydrogens is 252 g/mol. The lowest BCUT2D eigenvalue weighted by molar-refractivity contribution is 0.0691. The summed E-state index contributed by atoms with van der Waals surface area (Å²) in [5, 5.41) is 11.2. The number of aromatic nitrogens is 1. The zero-order chi connectivity index (χ0) is 14.1. The van der Waals surface area contributed by atoms with Crippen LogP contribution in [0.4, 0.5) is 5.82 Å². The highest BCUT2D eigenvalue weighted by atomic mass is 16.4. The second kappa shape index (κ2) is 5.12. The SMILES string of the molecule is CCC1CCCN1c1nc(C(=O)O)cc2ccccc12. The topological polar surface area (TPSA) is 53.4 Å². The molecule has 0 spiro atoms. The second-order valence-electron chi connectivity index (χ2n) is 5.26. The van der Waals surface area contributed by atoms with Gasteiger partial charge in [-0.15, -0.1) is 0 Å². The number of rotatable bonds is 3. The molecule has 0 aliphatic carbocycles. The highest BCUT2D eigenvalue weighted by molar-refractivity contribution is 5.98. The van der Waals surface area contributed by atoms with E-state index in [1.807, 2.05) is 24.3 Å². The first kappa shape index (κ1) is 12.9. The second-order valence-corrected chi connectivity index (χ2v) is 5.26. The van der Waals surface area contributed by atoms with E-state index < -0.39 is 5.97 Å². The number of benzene rings is 1. The number of nitrogens with zero attached hydrogens (tertiary/aromatic N) is 2. The number of carboxylic acid groups (broad SMARTS) is 1. The molecule has 3 rings (SSSR count). The standard InChI is InChI=1S/C16H18N2O2/c1-2-12-7-5-9-18(12)15-13-8-4-3-6-11(13)10-14(17-15)16(19)20/h3-4,6,8,10,12H,2,5,7,9H2,1H3,(H,19,20). The molecule has 20 heavy (non-hydrogen) atoms. The van der Waals surface area contributed by atoms with Gasteiger partial charge in [0, 0.05) is 18.0 Å². The summed E-state index contributed by atoms with van der Waals surface area (Å²) in [5.41, 5.74) is 0.125. The van der Waals surface area contributed by atoms with Gasteiger partial charge in [-0.25, -0.2) is 9.78 Å². The van der Waals surface area contributed by atoms with E-state index in [-0.39, 0.29) is 5.69 Å². The predicted octanol–water partition coefficient (Wildman–Crippen LogP) is 3.31. The third kappa shape index (κ3) is 2.11. The van der Waals surface area contributed by atoms with E-state index in [1.54, 1.807) is 6.07 Å². The van der Waals surface area contributed by atoms with Crippen LogP contribution in [0, 0.1) is 0 Å². The lowest BCUT2D eigenvalue weighted by Crippen LogP contribution is -2.29. The van der Waals surface area contributed by atoms with Crippen LogP contribution in [-0.2, 0) is 0 Å². The summed E-state index contributed by atoms with van der Waals surface area (Å²) in [6.07, 6.45) is 3.36. The fourth-order valence-corrected chi connectivity index (χ4v) is 3.05. The molecule has 1 fully saturated rings. The van der Waals surface area contributed by atoms with Crippen molar-refractivity contribution in [2.24, 2.45) is 0 Å². The third-order valence-corrected chi connectivity index (χ3v) is 4.06. The number of aromatic carboxylic acids is 1. The van der Waals surface area contributed by atoms with Crippen molar-refractivity contribution in [1.82, 2.24) is 4.98 Å². The van der Waals surface area contributed by atoms with E-state index in [0.717, 1.165) is 42.4 Å². The summed E-state index contributed by atoms with van der Waals surface area (Å²) < 4.78 is 0. The van der Waals surface area contributed by atoms with Crippen LogP contribution in [0.2, 0.25) is 0 Å². The average Bonchev–Trinajstić information content (AvgIpc) is 2.94. The molecule has 4 nitrogen and oxygen atoms in total. The highest BCUT2D eigenvalue weighted by Gasteiger charge is 2.26. The molecule has 0 amide bonds. The molecule has 1 aliphatic heterocycles. The van der Waals surface area contributed by atoms with E-state index in [0.29, 0.717) is 6.04 Å². The molecule has 1 aromatic carbocycles. The third-order valence-electron chi connectivity index (χ3n) is 4.06. The van der Waals surface area contributed by atoms with Crippen LogP contribution >= 0.6 is 0 Å². The summed E-state index contributed by atoms with van der Waals surface area (Å²) in [7, 11) is 0. The Hall–Kier alpha value is -2.10. The summed E-state index contributed by atoms with van der Waals surface area (Å²) in [6, 6.07) is 10.00. The fourth-order valence-electron chi connectivity index (χ4n) is 3.05. The first-order chi connectivity index (χ1) is 9.70. The van der Waals surface area contributed by atoms with Crippen LogP contribution in [0.25, 0.3) is 10.8 Å². The van der Waals surface area contributed by atoms with E-state index in [4.69, 9.17) is 0 Å². The Morgan fingerprint density at radius 2 is 2.25 bits per heavy atom. The first-order valence-corrected chi connectivity index (χ1v) is 7.10. The van der Waals surface area contributed by atoms with Crippen LogP contribution in [0.15, 0.2) is 30.3 Å². The number of pyridine rings is 1. The molecule has 104 valence electrons. The van der Waals surface area contributed by atoms with Gasteiger partial charge in [0.25, 0.3) is 0 Å². The monoisotopic (exact) mass is 270 g/mol. The van der Waals surface area contributed by atoms with Crippen molar-refractivity contribution in [3.05, 3.63) is 36.0 Å². The fraction of sp³-hybridized carbons (Fsp3) is 0.375. The quantitative estimate of drug-likeness (QED) is 0.929. The Morgan fingerprint density at radius 3 is 3.00 bits per heavy atom. The van der Waals surface area contributed by atoms with Crippen molar-refractivity contribution in [3.63, 3.8) is 0 Å². The van der Waals surface area contributed by atoms with Crippen molar-refractivity contribution < 1.29 is 9.90 Å². The van der Waals surface area contributed by atoms with Gasteiger partial charge in [0.1, 0.15) is 5.82 Å². The zero-order valence-corrected chi connectivity index (χ0v) is 11.5. The summed E-state index contributed by atoms with van der Waals surface area (Å²) in [6.45, 7) is 3.13. The van der Waals surface area contributed by atoms with Gasteiger partial charge in [-0.1, -0.05) is 31.2 Å². The van der Waals surface area contributed by atoms with Crippen LogP contribution in [0.3, 0.4) is 0 Å². The number of carbonyl (C=O) groups is 1. The van der Waals surface area contributed by atoms with Crippen molar-refractivity contribution >= 4 is 22.6 Å². The largest absolute Gasteiger partial charge is 0.477 e. The smallest absolute Gasteiger partial charge is 0.354 e. The van der Waals surface area contributed by atoms with Crippen molar-refractivity contribution in [3.8, 4) is 0 Å². The maximum atomic E-state index is 11.3. The Balaban J connectivity index is 2.19. The maximum absolute atomic E-state index is 11.3. The van der Waals surface area contributed by atoms with Crippen LogP contribution in [0.1, 0.15) is 36.7 Å². The summed E-state index contributed by atoms with van der Waals surface area (Å²) in [5.74, 6) is -0.144. The molecule has 0 radical (unpaired) electrons. The van der Waals surface area contributed by atoms with E-state index in [9.17, 15) is 9.90 Å². The lowest BCUT2D eigenvalue weighted by Gasteiger charge is -2.26. The normalized spacial score (nSPS) is 18.6. The van der Waals surface area contributed by atoms with E-state index in [2.05, 4.69) is 16.8 Å². The molecule has 2 heterocycles. The molecule has 4 heteroatoms. The Bertz CT molecular complexity index is 654. The molecular formula is C16H18N2O2. The number of hydrogen-bond donors (Lipinski definition) is 1. The molecule has 1 saturated heterocycles. The summed E-state index contributed by atoms with van der Waals surface area (Å²) >= 11 is 0. The van der Waals surface area contributed by atoms with Crippen LogP contribution < -0.4 is 4.90 Å². The summed E-state index contributed by atoms with van der Waals surface area (Å²) in [4.78, 5) is 18.0. The van der Waals surface area contributed by atoms with Gasteiger partial charge >= 0.3 is 5.97 Å². The zero-order valence-electron chi connectivity index (χ0n) is 11.5. The first-order valence-electron chi connectivity index (χ1n) is 7.10. The number of anilines is 1. The van der Waals surface area contributed by atoms with E-state index >= 15 is 0 Å². The van der Waals surface area contributed by atoms with Gasteiger partial charge in [0.15, 0.2) is 5.69 Å². The van der Waals surface area contributed by atoms with Crippen LogP contribution in [-0.4, -0.2) is 28.6 Å². The number of carboxylic acids is 1. The van der Waals surface area contributed by atoms with Crippen molar-refractivity contribution in [1.29, 1.82) is 0 Å². The highest BCUT2D eigenvalue weighted by Crippen LogP contribution is 2.32. The van der Waals surface area contributed by atoms with Crippen molar-refractivity contribution in [2.75, 3.05) is 11.4 Å².